The van der Waals surface area contributed by atoms with Gasteiger partial charge in [0, 0.05) is 11.8 Å². The minimum atomic E-state index is 0.0860. The predicted octanol–water partition coefficient (Wildman–Crippen LogP) is 2.93. The topological polar surface area (TPSA) is 26.3 Å². The first kappa shape index (κ1) is 11.3. The van der Waals surface area contributed by atoms with E-state index >= 15 is 0 Å². The van der Waals surface area contributed by atoms with Gasteiger partial charge in [0.05, 0.1) is 12.9 Å². The number of methoxy groups -OCH3 is 1. The lowest BCUT2D eigenvalue weighted by molar-refractivity contribution is -0.110. The average molecular weight is 196 g/mol. The quantitative estimate of drug-likeness (QED) is 0.632. The second-order valence-corrected chi connectivity index (χ2v) is 3.99. The lowest BCUT2D eigenvalue weighted by atomic mass is 9.85. The normalized spacial score (nSPS) is 26.9. The second kappa shape index (κ2) is 5.84. The molecular formula is C12H20O2. The van der Waals surface area contributed by atoms with Crippen molar-refractivity contribution in [2.24, 2.45) is 11.8 Å². The van der Waals surface area contributed by atoms with Gasteiger partial charge in [-0.25, -0.2) is 0 Å². The molecule has 1 rings (SSSR count). The third-order valence-corrected chi connectivity index (χ3v) is 2.95. The van der Waals surface area contributed by atoms with Gasteiger partial charge < -0.3 is 9.53 Å². The molecule has 0 bridgehead atoms. The molecule has 0 fully saturated rings. The zero-order valence-electron chi connectivity index (χ0n) is 9.16. The number of carbonyl (C=O) groups is 1. The van der Waals surface area contributed by atoms with E-state index in [4.69, 9.17) is 4.74 Å². The number of aldehydes is 1. The van der Waals surface area contributed by atoms with Crippen LogP contribution in [0.2, 0.25) is 0 Å². The summed E-state index contributed by atoms with van der Waals surface area (Å²) in [5.74, 6) is 1.67. The van der Waals surface area contributed by atoms with Crippen LogP contribution in [0.3, 0.4) is 0 Å². The summed E-state index contributed by atoms with van der Waals surface area (Å²) in [7, 11) is 1.71. The van der Waals surface area contributed by atoms with E-state index in [0.29, 0.717) is 5.92 Å². The van der Waals surface area contributed by atoms with E-state index in [0.717, 1.165) is 24.9 Å². The highest BCUT2D eigenvalue weighted by molar-refractivity contribution is 5.57. The zero-order valence-corrected chi connectivity index (χ0v) is 9.16. The molecule has 0 aromatic rings. The highest BCUT2D eigenvalue weighted by Gasteiger charge is 2.22. The van der Waals surface area contributed by atoms with Gasteiger partial charge in [-0.05, 0) is 25.3 Å². The number of unbranched alkanes of at least 4 members (excludes halogenated alkanes) is 1. The minimum Gasteiger partial charge on any atom is -0.501 e. The summed E-state index contributed by atoms with van der Waals surface area (Å²) < 4.78 is 5.34. The molecule has 80 valence electrons. The predicted molar refractivity (Wildman–Crippen MR) is 56.9 cm³/mol. The maximum absolute atomic E-state index is 10.6. The van der Waals surface area contributed by atoms with Crippen LogP contribution in [0.5, 0.6) is 0 Å². The van der Waals surface area contributed by atoms with Crippen LogP contribution >= 0.6 is 0 Å². The first-order valence-electron chi connectivity index (χ1n) is 5.52. The Morgan fingerprint density at radius 3 is 2.93 bits per heavy atom. The molecule has 14 heavy (non-hydrogen) atoms. The van der Waals surface area contributed by atoms with Crippen LogP contribution in [0, 0.1) is 11.8 Å². The smallest absolute Gasteiger partial charge is 0.126 e. The Kier molecular flexibility index (Phi) is 4.71. The fourth-order valence-electron chi connectivity index (χ4n) is 2.05. The first-order valence-corrected chi connectivity index (χ1v) is 5.52. The molecule has 0 aromatic carbocycles. The molecule has 2 heteroatoms. The largest absolute Gasteiger partial charge is 0.501 e. The summed E-state index contributed by atoms with van der Waals surface area (Å²) in [6.07, 6.45) is 8.78. The summed E-state index contributed by atoms with van der Waals surface area (Å²) in [6.45, 7) is 2.20. The van der Waals surface area contributed by atoms with Crippen molar-refractivity contribution < 1.29 is 9.53 Å². The standard InChI is InChI=1S/C12H20O2/c1-3-4-5-11-7-6-10(9-13)8-12(11)14-2/h8-11H,3-7H2,1-2H3. The number of rotatable bonds is 5. The van der Waals surface area contributed by atoms with E-state index in [9.17, 15) is 4.79 Å². The molecule has 0 heterocycles. The maximum Gasteiger partial charge on any atom is 0.126 e. The third kappa shape index (κ3) is 2.86. The van der Waals surface area contributed by atoms with E-state index in [2.05, 4.69) is 6.92 Å². The molecule has 0 saturated carbocycles. The van der Waals surface area contributed by atoms with E-state index < -0.39 is 0 Å². The number of carbonyl (C=O) groups excluding carboxylic acids is 1. The molecule has 0 aliphatic heterocycles. The Bertz CT molecular complexity index is 208. The Hall–Kier alpha value is -0.790. The highest BCUT2D eigenvalue weighted by atomic mass is 16.5. The Labute approximate surface area is 86.3 Å². The Balaban J connectivity index is 2.55. The maximum atomic E-state index is 10.6. The molecule has 0 aromatic heterocycles. The minimum absolute atomic E-state index is 0.0860. The molecule has 2 nitrogen and oxygen atoms in total. The summed E-state index contributed by atoms with van der Waals surface area (Å²) >= 11 is 0. The lowest BCUT2D eigenvalue weighted by Crippen LogP contribution is -2.16. The summed E-state index contributed by atoms with van der Waals surface area (Å²) in [5.41, 5.74) is 0. The monoisotopic (exact) mass is 196 g/mol. The van der Waals surface area contributed by atoms with E-state index in [1.165, 1.54) is 19.3 Å². The third-order valence-electron chi connectivity index (χ3n) is 2.95. The van der Waals surface area contributed by atoms with Crippen molar-refractivity contribution in [3.05, 3.63) is 11.8 Å². The van der Waals surface area contributed by atoms with E-state index in [1.807, 2.05) is 6.08 Å². The van der Waals surface area contributed by atoms with Crippen LogP contribution < -0.4 is 0 Å². The molecule has 0 N–H and O–H groups in total. The molecular weight excluding hydrogens is 176 g/mol. The zero-order chi connectivity index (χ0) is 10.4. The van der Waals surface area contributed by atoms with Crippen molar-refractivity contribution in [2.45, 2.75) is 39.0 Å². The van der Waals surface area contributed by atoms with Gasteiger partial charge in [0.25, 0.3) is 0 Å². The van der Waals surface area contributed by atoms with Crippen LogP contribution in [0.25, 0.3) is 0 Å². The Morgan fingerprint density at radius 1 is 1.57 bits per heavy atom. The summed E-state index contributed by atoms with van der Waals surface area (Å²) in [5, 5.41) is 0. The van der Waals surface area contributed by atoms with Crippen molar-refractivity contribution in [3.63, 3.8) is 0 Å². The van der Waals surface area contributed by atoms with Crippen molar-refractivity contribution in [1.29, 1.82) is 0 Å². The summed E-state index contributed by atoms with van der Waals surface area (Å²) in [6, 6.07) is 0. The fraction of sp³-hybridized carbons (Fsp3) is 0.750. The van der Waals surface area contributed by atoms with Gasteiger partial charge in [-0.15, -0.1) is 0 Å². The number of hydrogen-bond donors (Lipinski definition) is 0. The molecule has 0 spiro atoms. The number of ether oxygens (including phenoxy) is 1. The van der Waals surface area contributed by atoms with Crippen LogP contribution in [0.15, 0.2) is 11.8 Å². The van der Waals surface area contributed by atoms with E-state index in [1.54, 1.807) is 7.11 Å². The van der Waals surface area contributed by atoms with Crippen LogP contribution in [0.1, 0.15) is 39.0 Å². The van der Waals surface area contributed by atoms with Crippen LogP contribution in [0.4, 0.5) is 0 Å². The van der Waals surface area contributed by atoms with Gasteiger partial charge in [-0.3, -0.25) is 0 Å². The average Bonchev–Trinajstić information content (AvgIpc) is 2.26. The molecule has 0 amide bonds. The van der Waals surface area contributed by atoms with Gasteiger partial charge in [-0.1, -0.05) is 19.8 Å². The molecule has 0 saturated heterocycles. The Morgan fingerprint density at radius 2 is 2.36 bits per heavy atom. The number of allylic oxidation sites excluding steroid dienone is 2. The molecule has 2 atom stereocenters. The van der Waals surface area contributed by atoms with Crippen LogP contribution in [-0.2, 0) is 9.53 Å². The molecule has 2 unspecified atom stereocenters. The van der Waals surface area contributed by atoms with Gasteiger partial charge in [0.15, 0.2) is 0 Å². The van der Waals surface area contributed by atoms with Gasteiger partial charge >= 0.3 is 0 Å². The van der Waals surface area contributed by atoms with Crippen molar-refractivity contribution >= 4 is 6.29 Å². The molecule has 1 aliphatic carbocycles. The highest BCUT2D eigenvalue weighted by Crippen LogP contribution is 2.31. The SMILES string of the molecule is CCCCC1CCC(C=O)C=C1OC. The van der Waals surface area contributed by atoms with Gasteiger partial charge in [0.1, 0.15) is 6.29 Å². The lowest BCUT2D eigenvalue weighted by Gasteiger charge is -2.25. The van der Waals surface area contributed by atoms with E-state index in [-0.39, 0.29) is 5.92 Å². The molecule has 0 radical (unpaired) electrons. The van der Waals surface area contributed by atoms with Crippen molar-refractivity contribution in [2.75, 3.05) is 7.11 Å². The van der Waals surface area contributed by atoms with Gasteiger partial charge in [0.2, 0.25) is 0 Å². The van der Waals surface area contributed by atoms with Crippen molar-refractivity contribution in [3.8, 4) is 0 Å². The summed E-state index contributed by atoms with van der Waals surface area (Å²) in [4.78, 5) is 10.6. The van der Waals surface area contributed by atoms with Crippen LogP contribution in [-0.4, -0.2) is 13.4 Å². The number of hydrogen-bond acceptors (Lipinski definition) is 2. The molecule has 1 aliphatic rings. The fourth-order valence-corrected chi connectivity index (χ4v) is 2.05. The second-order valence-electron chi connectivity index (χ2n) is 3.99. The van der Waals surface area contributed by atoms with Gasteiger partial charge in [-0.2, -0.15) is 0 Å². The first-order chi connectivity index (χ1) is 6.81. The van der Waals surface area contributed by atoms with Crippen molar-refractivity contribution in [1.82, 2.24) is 0 Å².